The zero-order chi connectivity index (χ0) is 19.2. The van der Waals surface area contributed by atoms with Crippen LogP contribution in [-0.4, -0.2) is 27.6 Å². The molecule has 1 aromatic carbocycles. The van der Waals surface area contributed by atoms with Crippen molar-refractivity contribution < 1.29 is 9.53 Å². The van der Waals surface area contributed by atoms with E-state index in [1.54, 1.807) is 44.6 Å². The van der Waals surface area contributed by atoms with E-state index in [0.717, 1.165) is 5.69 Å². The number of hydrogen-bond donors (Lipinski definition) is 1. The molecule has 138 valence electrons. The first-order valence-electron chi connectivity index (χ1n) is 8.12. The zero-order valence-corrected chi connectivity index (χ0v) is 15.7. The Kier molecular flexibility index (Phi) is 5.87. The minimum atomic E-state index is -0.516. The molecule has 0 aliphatic rings. The zero-order valence-electron chi connectivity index (χ0n) is 14.9. The highest BCUT2D eigenvalue weighted by atomic mass is 32.2. The summed E-state index contributed by atoms with van der Waals surface area (Å²) in [6.45, 7) is 0. The maximum absolute atomic E-state index is 12.6. The molecule has 1 N–H and O–H groups in total. The van der Waals surface area contributed by atoms with Gasteiger partial charge >= 0.3 is 0 Å². The Hall–Kier alpha value is -3.13. The number of ether oxygens (including phenoxy) is 1. The maximum atomic E-state index is 12.6. The lowest BCUT2D eigenvalue weighted by Gasteiger charge is -2.10. The van der Waals surface area contributed by atoms with E-state index in [-0.39, 0.29) is 5.56 Å². The molecule has 0 aliphatic carbocycles. The van der Waals surface area contributed by atoms with Crippen molar-refractivity contribution in [2.24, 2.45) is 7.05 Å². The average molecular weight is 382 g/mol. The average Bonchev–Trinajstić information content (AvgIpc) is 2.70. The largest absolute Gasteiger partial charge is 0.497 e. The molecule has 3 rings (SSSR count). The number of anilines is 1. The molecule has 0 radical (unpaired) electrons. The number of methoxy groups -OCH3 is 1. The first-order chi connectivity index (χ1) is 13.1. The van der Waals surface area contributed by atoms with E-state index in [0.29, 0.717) is 22.3 Å². The fourth-order valence-electron chi connectivity index (χ4n) is 2.34. The van der Waals surface area contributed by atoms with Crippen molar-refractivity contribution in [3.8, 4) is 5.75 Å². The first kappa shape index (κ1) is 18.7. The molecule has 0 saturated carbocycles. The molecule has 0 aliphatic heterocycles. The van der Waals surface area contributed by atoms with Gasteiger partial charge in [-0.15, -0.1) is 0 Å². The van der Waals surface area contributed by atoms with E-state index in [9.17, 15) is 9.59 Å². The van der Waals surface area contributed by atoms with Crippen molar-refractivity contribution in [3.05, 3.63) is 76.5 Å². The molecule has 0 spiro atoms. The Bertz CT molecular complexity index is 1010. The monoisotopic (exact) mass is 382 g/mol. The summed E-state index contributed by atoms with van der Waals surface area (Å²) in [4.78, 5) is 33.5. The van der Waals surface area contributed by atoms with Crippen molar-refractivity contribution in [2.45, 2.75) is 10.9 Å². The van der Waals surface area contributed by atoms with Gasteiger partial charge in [-0.2, -0.15) is 0 Å². The van der Waals surface area contributed by atoms with Gasteiger partial charge in [-0.25, -0.2) is 4.98 Å². The van der Waals surface area contributed by atoms with Gasteiger partial charge < -0.3 is 10.1 Å². The third-order valence-corrected chi connectivity index (χ3v) is 4.85. The van der Waals surface area contributed by atoms with Crippen LogP contribution in [0.2, 0.25) is 0 Å². The summed E-state index contributed by atoms with van der Waals surface area (Å²) < 4.78 is 6.50. The highest BCUT2D eigenvalue weighted by Crippen LogP contribution is 2.19. The minimum absolute atomic E-state index is 0.0255. The molecule has 8 heteroatoms. The number of carbonyl (C=O) groups is 1. The van der Waals surface area contributed by atoms with Gasteiger partial charge in [-0.3, -0.25) is 19.1 Å². The van der Waals surface area contributed by atoms with E-state index in [2.05, 4.69) is 15.3 Å². The topological polar surface area (TPSA) is 86.1 Å². The van der Waals surface area contributed by atoms with E-state index in [1.165, 1.54) is 22.5 Å². The number of hydrogen-bond acceptors (Lipinski definition) is 6. The lowest BCUT2D eigenvalue weighted by Crippen LogP contribution is -2.29. The van der Waals surface area contributed by atoms with Gasteiger partial charge in [0.05, 0.1) is 12.8 Å². The van der Waals surface area contributed by atoms with E-state index >= 15 is 0 Å². The molecule has 2 heterocycles. The maximum Gasteiger partial charge on any atom is 0.266 e. The number of carbonyl (C=O) groups excluding carboxylic acids is 1. The number of thioether (sulfide) groups is 1. The van der Waals surface area contributed by atoms with Crippen molar-refractivity contribution in [3.63, 3.8) is 0 Å². The molecule has 2 aromatic heterocycles. The highest BCUT2D eigenvalue weighted by molar-refractivity contribution is 7.98. The highest BCUT2D eigenvalue weighted by Gasteiger charge is 2.15. The van der Waals surface area contributed by atoms with Gasteiger partial charge in [-0.1, -0.05) is 23.9 Å². The Morgan fingerprint density at radius 3 is 2.81 bits per heavy atom. The Balaban J connectivity index is 1.75. The van der Waals surface area contributed by atoms with Gasteiger partial charge in [0.25, 0.3) is 11.5 Å². The fraction of sp³-hybridized carbons (Fsp3) is 0.158. The Morgan fingerprint density at radius 2 is 2.07 bits per heavy atom. The lowest BCUT2D eigenvalue weighted by atomic mass is 10.2. The summed E-state index contributed by atoms with van der Waals surface area (Å²) in [5, 5.41) is 3.21. The van der Waals surface area contributed by atoms with Crippen LogP contribution in [0.4, 0.5) is 5.69 Å². The smallest absolute Gasteiger partial charge is 0.266 e. The molecule has 0 saturated heterocycles. The van der Waals surface area contributed by atoms with Crippen LogP contribution >= 0.6 is 11.8 Å². The van der Waals surface area contributed by atoms with Crippen LogP contribution < -0.4 is 15.6 Å². The van der Waals surface area contributed by atoms with Crippen LogP contribution in [0.5, 0.6) is 5.75 Å². The normalized spacial score (nSPS) is 10.4. The Morgan fingerprint density at radius 1 is 1.22 bits per heavy atom. The molecule has 0 fully saturated rings. The molecular weight excluding hydrogens is 364 g/mol. The van der Waals surface area contributed by atoms with Gasteiger partial charge in [0.15, 0.2) is 5.16 Å². The number of pyridine rings is 1. The predicted molar refractivity (Wildman–Crippen MR) is 104 cm³/mol. The summed E-state index contributed by atoms with van der Waals surface area (Å²) in [7, 11) is 3.14. The van der Waals surface area contributed by atoms with Crippen LogP contribution in [0.3, 0.4) is 0 Å². The standard InChI is InChI=1S/C19H18N4O3S/c1-23-18(25)16(17(24)22-13-7-5-8-15(10-13)26-2)11-21-19(23)27-12-14-6-3-4-9-20-14/h3-11H,12H2,1-2H3,(H,22,24). The number of rotatable bonds is 6. The van der Waals surface area contributed by atoms with Crippen molar-refractivity contribution in [2.75, 3.05) is 12.4 Å². The Labute approximate surface area is 160 Å². The lowest BCUT2D eigenvalue weighted by molar-refractivity contribution is 0.102. The molecule has 3 aromatic rings. The van der Waals surface area contributed by atoms with Crippen molar-refractivity contribution in [1.82, 2.24) is 14.5 Å². The summed E-state index contributed by atoms with van der Waals surface area (Å²) >= 11 is 1.38. The summed E-state index contributed by atoms with van der Waals surface area (Å²) in [6.07, 6.45) is 3.02. The van der Waals surface area contributed by atoms with Crippen molar-refractivity contribution in [1.29, 1.82) is 0 Å². The number of amides is 1. The third kappa shape index (κ3) is 4.53. The van der Waals surface area contributed by atoms with Crippen molar-refractivity contribution >= 4 is 23.4 Å². The van der Waals surface area contributed by atoms with Crippen LogP contribution in [0, 0.1) is 0 Å². The van der Waals surface area contributed by atoms with E-state index in [1.807, 2.05) is 18.2 Å². The number of aromatic nitrogens is 3. The second-order valence-electron chi connectivity index (χ2n) is 5.61. The molecule has 27 heavy (non-hydrogen) atoms. The molecular formula is C19H18N4O3S. The fourth-order valence-corrected chi connectivity index (χ4v) is 3.19. The van der Waals surface area contributed by atoms with E-state index < -0.39 is 11.5 Å². The third-order valence-electron chi connectivity index (χ3n) is 3.77. The number of nitrogens with zero attached hydrogens (tertiary/aromatic N) is 3. The van der Waals surface area contributed by atoms with Gasteiger partial charge in [0.1, 0.15) is 11.3 Å². The summed E-state index contributed by atoms with van der Waals surface area (Å²) in [6, 6.07) is 12.6. The first-order valence-corrected chi connectivity index (χ1v) is 9.11. The molecule has 7 nitrogen and oxygen atoms in total. The summed E-state index contributed by atoms with van der Waals surface area (Å²) in [5.41, 5.74) is 0.989. The molecule has 1 amide bonds. The van der Waals surface area contributed by atoms with Crippen LogP contribution in [0.15, 0.2) is 64.8 Å². The van der Waals surface area contributed by atoms with E-state index in [4.69, 9.17) is 4.74 Å². The SMILES string of the molecule is COc1cccc(NC(=O)c2cnc(SCc3ccccn3)n(C)c2=O)c1. The molecule has 0 bridgehead atoms. The quantitative estimate of drug-likeness (QED) is 0.521. The summed E-state index contributed by atoms with van der Waals surface area (Å²) in [5.74, 6) is 0.675. The van der Waals surface area contributed by atoms with Crippen LogP contribution in [0.1, 0.15) is 16.1 Å². The predicted octanol–water partition coefficient (Wildman–Crippen LogP) is 2.73. The molecule has 0 unspecified atom stereocenters. The van der Waals surface area contributed by atoms with Gasteiger partial charge in [-0.05, 0) is 24.3 Å². The van der Waals surface area contributed by atoms with Gasteiger partial charge in [0.2, 0.25) is 0 Å². The van der Waals surface area contributed by atoms with Gasteiger partial charge in [0, 0.05) is 36.9 Å². The second kappa shape index (κ2) is 8.50. The van der Waals surface area contributed by atoms with Crippen LogP contribution in [0.25, 0.3) is 0 Å². The molecule has 0 atom stereocenters. The second-order valence-corrected chi connectivity index (χ2v) is 6.56. The van der Waals surface area contributed by atoms with Crippen LogP contribution in [-0.2, 0) is 12.8 Å². The minimum Gasteiger partial charge on any atom is -0.497 e. The number of nitrogens with one attached hydrogen (secondary N) is 1. The number of benzene rings is 1.